The van der Waals surface area contributed by atoms with Gasteiger partial charge < -0.3 is 9.47 Å². The Morgan fingerprint density at radius 2 is 1.58 bits per heavy atom. The highest BCUT2D eigenvalue weighted by molar-refractivity contribution is 7.19. The third-order valence-corrected chi connectivity index (χ3v) is 6.92. The van der Waals surface area contributed by atoms with Crippen molar-refractivity contribution in [2.24, 2.45) is 5.10 Å². The Morgan fingerprint density at radius 1 is 0.842 bits per heavy atom. The number of ether oxygens (including phenoxy) is 2. The second kappa shape index (κ2) is 12.4. The van der Waals surface area contributed by atoms with Gasteiger partial charge in [-0.15, -0.1) is 0 Å². The van der Waals surface area contributed by atoms with Crippen LogP contribution in [0.2, 0.25) is 5.02 Å². The molecule has 1 aromatic heterocycles. The van der Waals surface area contributed by atoms with E-state index < -0.39 is 0 Å². The molecule has 5 rings (SSSR count). The molecule has 0 radical (unpaired) electrons. The molecule has 0 saturated carbocycles. The van der Waals surface area contributed by atoms with Crippen LogP contribution in [0.25, 0.3) is 21.7 Å². The molecule has 7 heteroatoms. The molecule has 0 spiro atoms. The molecule has 0 fully saturated rings. The standard InChI is InChI=1S/C31H26ClN3O2S/c1-2-36-28-19-23(13-18-27(28)37-21-22-9-5-3-6-10-22)20-33-35-31-34-29(24-14-16-26(32)17-15-24)30(38-31)25-11-7-4-8-12-25/h3-20H,2,21H2,1H3,(H,34,35). The molecule has 0 aliphatic carbocycles. The number of hydrazone groups is 1. The third kappa shape index (κ3) is 6.40. The molecule has 0 atom stereocenters. The van der Waals surface area contributed by atoms with Crippen LogP contribution in [0.5, 0.6) is 11.5 Å². The van der Waals surface area contributed by atoms with Gasteiger partial charge in [0, 0.05) is 10.6 Å². The van der Waals surface area contributed by atoms with Crippen molar-refractivity contribution < 1.29 is 9.47 Å². The summed E-state index contributed by atoms with van der Waals surface area (Å²) >= 11 is 7.66. The SMILES string of the molecule is CCOc1cc(C=NNc2nc(-c3ccc(Cl)cc3)c(-c3ccccc3)s2)ccc1OCc1ccccc1. The molecule has 0 aliphatic heterocycles. The van der Waals surface area contributed by atoms with Crippen molar-refractivity contribution in [1.29, 1.82) is 0 Å². The molecular formula is C31H26ClN3O2S. The van der Waals surface area contributed by atoms with E-state index in [9.17, 15) is 0 Å². The Morgan fingerprint density at radius 3 is 2.32 bits per heavy atom. The maximum atomic E-state index is 6.11. The summed E-state index contributed by atoms with van der Waals surface area (Å²) in [6.45, 7) is 2.96. The van der Waals surface area contributed by atoms with Crippen LogP contribution in [-0.2, 0) is 6.61 Å². The number of aromatic nitrogens is 1. The maximum absolute atomic E-state index is 6.11. The first kappa shape index (κ1) is 25.5. The van der Waals surface area contributed by atoms with Crippen LogP contribution >= 0.6 is 22.9 Å². The molecule has 4 aromatic carbocycles. The van der Waals surface area contributed by atoms with Crippen molar-refractivity contribution in [1.82, 2.24) is 4.98 Å². The van der Waals surface area contributed by atoms with E-state index in [2.05, 4.69) is 22.7 Å². The number of anilines is 1. The van der Waals surface area contributed by atoms with E-state index in [1.165, 1.54) is 0 Å². The Balaban J connectivity index is 1.34. The largest absolute Gasteiger partial charge is 0.490 e. The molecular weight excluding hydrogens is 514 g/mol. The van der Waals surface area contributed by atoms with Crippen molar-refractivity contribution in [2.45, 2.75) is 13.5 Å². The highest BCUT2D eigenvalue weighted by Crippen LogP contribution is 2.39. The van der Waals surface area contributed by atoms with Gasteiger partial charge in [0.05, 0.1) is 23.4 Å². The summed E-state index contributed by atoms with van der Waals surface area (Å²) in [5.74, 6) is 1.37. The van der Waals surface area contributed by atoms with Crippen molar-refractivity contribution in [3.63, 3.8) is 0 Å². The van der Waals surface area contributed by atoms with Gasteiger partial charge in [0.15, 0.2) is 11.5 Å². The summed E-state index contributed by atoms with van der Waals surface area (Å²) in [6.07, 6.45) is 1.75. The van der Waals surface area contributed by atoms with Crippen LogP contribution < -0.4 is 14.9 Å². The molecule has 38 heavy (non-hydrogen) atoms. The molecule has 0 unspecified atom stereocenters. The fraction of sp³-hybridized carbons (Fsp3) is 0.0968. The average molecular weight is 540 g/mol. The zero-order valence-electron chi connectivity index (χ0n) is 20.8. The molecule has 0 amide bonds. The average Bonchev–Trinajstić information content (AvgIpc) is 3.38. The Labute approximate surface area is 231 Å². The summed E-state index contributed by atoms with van der Waals surface area (Å²) in [6, 6.07) is 33.8. The minimum absolute atomic E-state index is 0.472. The summed E-state index contributed by atoms with van der Waals surface area (Å²) < 4.78 is 11.8. The van der Waals surface area contributed by atoms with E-state index in [4.69, 9.17) is 26.1 Å². The van der Waals surface area contributed by atoms with Gasteiger partial charge in [-0.1, -0.05) is 95.7 Å². The van der Waals surface area contributed by atoms with Gasteiger partial charge in [-0.3, -0.25) is 5.43 Å². The summed E-state index contributed by atoms with van der Waals surface area (Å²) in [7, 11) is 0. The van der Waals surface area contributed by atoms with Crippen LogP contribution in [0, 0.1) is 0 Å². The number of hydrogen-bond acceptors (Lipinski definition) is 6. The Hall–Kier alpha value is -4.13. The van der Waals surface area contributed by atoms with Crippen LogP contribution in [0.3, 0.4) is 0 Å². The zero-order valence-corrected chi connectivity index (χ0v) is 22.4. The monoisotopic (exact) mass is 539 g/mol. The van der Waals surface area contributed by atoms with E-state index in [1.54, 1.807) is 17.6 Å². The van der Waals surface area contributed by atoms with Gasteiger partial charge >= 0.3 is 0 Å². The lowest BCUT2D eigenvalue weighted by atomic mass is 10.1. The van der Waals surface area contributed by atoms with Gasteiger partial charge in [-0.05, 0) is 53.9 Å². The maximum Gasteiger partial charge on any atom is 0.204 e. The van der Waals surface area contributed by atoms with Crippen LogP contribution in [0.1, 0.15) is 18.1 Å². The Kier molecular flexibility index (Phi) is 8.33. The summed E-state index contributed by atoms with van der Waals surface area (Å²) in [5.41, 5.74) is 8.05. The van der Waals surface area contributed by atoms with Gasteiger partial charge in [0.25, 0.3) is 0 Å². The van der Waals surface area contributed by atoms with Gasteiger partial charge in [-0.2, -0.15) is 5.10 Å². The number of benzene rings is 4. The van der Waals surface area contributed by atoms with Gasteiger partial charge in [0.2, 0.25) is 5.13 Å². The normalized spacial score (nSPS) is 11.0. The number of nitrogens with zero attached hydrogens (tertiary/aromatic N) is 2. The second-order valence-corrected chi connectivity index (χ2v) is 9.79. The van der Waals surface area contributed by atoms with E-state index in [0.717, 1.165) is 32.8 Å². The predicted octanol–water partition coefficient (Wildman–Crippen LogP) is 8.55. The molecule has 0 saturated heterocycles. The fourth-order valence-electron chi connectivity index (χ4n) is 3.85. The topological polar surface area (TPSA) is 55.7 Å². The third-order valence-electron chi connectivity index (χ3n) is 5.66. The Bertz CT molecular complexity index is 1500. The quantitative estimate of drug-likeness (QED) is 0.143. The number of hydrogen-bond donors (Lipinski definition) is 1. The highest BCUT2D eigenvalue weighted by Gasteiger charge is 2.15. The lowest BCUT2D eigenvalue weighted by Gasteiger charge is -2.12. The van der Waals surface area contributed by atoms with Crippen molar-refractivity contribution >= 4 is 34.3 Å². The fourth-order valence-corrected chi connectivity index (χ4v) is 4.92. The van der Waals surface area contributed by atoms with Crippen molar-refractivity contribution in [2.75, 3.05) is 12.0 Å². The lowest BCUT2D eigenvalue weighted by Crippen LogP contribution is -2.00. The van der Waals surface area contributed by atoms with E-state index in [-0.39, 0.29) is 0 Å². The molecule has 0 aliphatic rings. The number of halogens is 1. The summed E-state index contributed by atoms with van der Waals surface area (Å²) in [5, 5.41) is 5.83. The number of thiazole rings is 1. The summed E-state index contributed by atoms with van der Waals surface area (Å²) in [4.78, 5) is 5.90. The molecule has 1 N–H and O–H groups in total. The number of nitrogens with one attached hydrogen (secondary N) is 1. The van der Waals surface area contributed by atoms with Crippen molar-refractivity contribution in [3.05, 3.63) is 119 Å². The highest BCUT2D eigenvalue weighted by atomic mass is 35.5. The first-order valence-corrected chi connectivity index (χ1v) is 13.4. The minimum Gasteiger partial charge on any atom is -0.490 e. The number of rotatable bonds is 10. The molecule has 190 valence electrons. The molecule has 5 aromatic rings. The van der Waals surface area contributed by atoms with E-state index in [1.807, 2.05) is 97.9 Å². The van der Waals surface area contributed by atoms with Gasteiger partial charge in [-0.25, -0.2) is 4.98 Å². The van der Waals surface area contributed by atoms with Crippen LogP contribution in [0.4, 0.5) is 5.13 Å². The minimum atomic E-state index is 0.472. The zero-order chi connectivity index (χ0) is 26.2. The van der Waals surface area contributed by atoms with Gasteiger partial charge in [0.1, 0.15) is 6.61 Å². The molecule has 5 nitrogen and oxygen atoms in total. The lowest BCUT2D eigenvalue weighted by molar-refractivity contribution is 0.269. The predicted molar refractivity (Wildman–Crippen MR) is 158 cm³/mol. The van der Waals surface area contributed by atoms with Crippen molar-refractivity contribution in [3.8, 4) is 33.2 Å². The first-order valence-electron chi connectivity index (χ1n) is 12.2. The van der Waals surface area contributed by atoms with E-state index >= 15 is 0 Å². The molecule has 0 bridgehead atoms. The van der Waals surface area contributed by atoms with Crippen LogP contribution in [-0.4, -0.2) is 17.8 Å². The second-order valence-electron chi connectivity index (χ2n) is 8.35. The van der Waals surface area contributed by atoms with E-state index in [0.29, 0.717) is 34.9 Å². The van der Waals surface area contributed by atoms with Crippen LogP contribution in [0.15, 0.2) is 108 Å². The molecule has 1 heterocycles. The first-order chi connectivity index (χ1) is 18.7. The smallest absolute Gasteiger partial charge is 0.204 e.